The Labute approximate surface area is 146 Å². The molecule has 0 rings (SSSR count). The fourth-order valence-corrected chi connectivity index (χ4v) is 2.74. The molecule has 0 aromatic heterocycles. The number of alkyl halides is 13. The van der Waals surface area contributed by atoms with Crippen molar-refractivity contribution in [2.45, 2.75) is 48.3 Å². The summed E-state index contributed by atoms with van der Waals surface area (Å²) in [5.41, 5.74) is 0. The molecule has 0 unspecified atom stereocenters. The molecule has 0 radical (unpaired) electrons. The lowest BCUT2D eigenvalue weighted by atomic mass is 9.93. The van der Waals surface area contributed by atoms with Gasteiger partial charge in [0.25, 0.3) is 0 Å². The third kappa shape index (κ3) is 4.14. The Morgan fingerprint density at radius 3 is 1.31 bits per heavy atom. The minimum Gasteiger partial charge on any atom is -0.396 e. The molecule has 0 aromatic rings. The average molecular weight is 477 g/mol. The maximum absolute atomic E-state index is 13.3. The van der Waals surface area contributed by atoms with Gasteiger partial charge < -0.3 is 4.43 Å². The highest BCUT2D eigenvalue weighted by Crippen LogP contribution is 2.61. The second-order valence-corrected chi connectivity index (χ2v) is 11.3. The Bertz CT molecular complexity index is 504. The molecule has 0 aromatic carbocycles. The van der Waals surface area contributed by atoms with Gasteiger partial charge in [0.15, 0.2) is 0 Å². The Kier molecular flexibility index (Phi) is 6.98. The molecule has 26 heavy (non-hydrogen) atoms. The van der Waals surface area contributed by atoms with Crippen molar-refractivity contribution >= 4 is 29.1 Å². The zero-order chi connectivity index (χ0) is 21.6. The van der Waals surface area contributed by atoms with Crippen LogP contribution in [0, 0.1) is 0 Å². The molecule has 1 nitrogen and oxygen atoms in total. The summed E-state index contributed by atoms with van der Waals surface area (Å²) in [6.45, 7) is -4.17. The maximum atomic E-state index is 13.3. The first-order valence-electron chi connectivity index (χ1n) is 5.90. The van der Waals surface area contributed by atoms with Crippen LogP contribution in [0.3, 0.4) is 0 Å². The highest BCUT2D eigenvalue weighted by atomic mass is 35.7. The standard InChI is InChI=1S/C9H7Cl2F13OSi/c1-25-26(10,11)3-2-4(12,13)5(14,15)6(16,17)7(18,19)8(20,21)9(22,23)24/h2-3H2,1H3. The largest absolute Gasteiger partial charge is 0.460 e. The molecule has 0 fully saturated rings. The summed E-state index contributed by atoms with van der Waals surface area (Å²) in [7, 11) is 0.704. The fourth-order valence-electron chi connectivity index (χ4n) is 1.36. The minimum absolute atomic E-state index is 0.704. The van der Waals surface area contributed by atoms with Gasteiger partial charge in [-0.15, -0.1) is 22.2 Å². The lowest BCUT2D eigenvalue weighted by Crippen LogP contribution is -2.70. The van der Waals surface area contributed by atoms with E-state index in [9.17, 15) is 57.1 Å². The van der Waals surface area contributed by atoms with E-state index in [0.29, 0.717) is 7.11 Å². The third-order valence-corrected chi connectivity index (χ3v) is 6.52. The lowest BCUT2D eigenvalue weighted by Gasteiger charge is -2.40. The summed E-state index contributed by atoms with van der Waals surface area (Å²) >= 11 is 10.4. The normalized spacial score (nSPS) is 16.2. The summed E-state index contributed by atoms with van der Waals surface area (Å²) in [5, 5.41) is 0. The Balaban J connectivity index is 6.01. The van der Waals surface area contributed by atoms with E-state index in [0.717, 1.165) is 0 Å². The second kappa shape index (κ2) is 7.03. The number of halogens is 15. The van der Waals surface area contributed by atoms with Crippen molar-refractivity contribution in [1.29, 1.82) is 0 Å². The molecular weight excluding hydrogens is 470 g/mol. The van der Waals surface area contributed by atoms with Gasteiger partial charge in [-0.2, -0.15) is 57.1 Å². The number of rotatable bonds is 8. The van der Waals surface area contributed by atoms with Crippen molar-refractivity contribution in [3.8, 4) is 0 Å². The van der Waals surface area contributed by atoms with Crippen LogP contribution in [0.4, 0.5) is 57.1 Å². The summed E-state index contributed by atoms with van der Waals surface area (Å²) in [6, 6.07) is -1.47. The minimum atomic E-state index is -7.91. The molecule has 0 aliphatic heterocycles. The molecule has 0 aliphatic rings. The smallest absolute Gasteiger partial charge is 0.396 e. The third-order valence-electron chi connectivity index (χ3n) is 3.03. The fraction of sp³-hybridized carbons (Fsp3) is 1.00. The summed E-state index contributed by atoms with van der Waals surface area (Å²) < 4.78 is 170. The van der Waals surface area contributed by atoms with Gasteiger partial charge in [-0.3, -0.25) is 0 Å². The number of hydrogen-bond donors (Lipinski definition) is 0. The van der Waals surface area contributed by atoms with Gasteiger partial charge in [-0.25, -0.2) is 0 Å². The van der Waals surface area contributed by atoms with Crippen LogP contribution in [0.25, 0.3) is 0 Å². The van der Waals surface area contributed by atoms with E-state index < -0.39 is 55.2 Å². The quantitative estimate of drug-likeness (QED) is 0.231. The van der Waals surface area contributed by atoms with Crippen molar-refractivity contribution in [1.82, 2.24) is 0 Å². The van der Waals surface area contributed by atoms with Crippen LogP contribution < -0.4 is 0 Å². The first-order chi connectivity index (χ1) is 11.0. The molecule has 0 spiro atoms. The topological polar surface area (TPSA) is 9.23 Å². The number of hydrogen-bond acceptors (Lipinski definition) is 1. The lowest BCUT2D eigenvalue weighted by molar-refractivity contribution is -0.439. The molecule has 0 saturated carbocycles. The Hall–Kier alpha value is -0.153. The van der Waals surface area contributed by atoms with Crippen molar-refractivity contribution < 1.29 is 61.5 Å². The van der Waals surface area contributed by atoms with E-state index in [2.05, 4.69) is 4.43 Å². The molecule has 0 N–H and O–H groups in total. The molecule has 0 atom stereocenters. The Morgan fingerprint density at radius 1 is 0.654 bits per heavy atom. The molecule has 17 heteroatoms. The van der Waals surface area contributed by atoms with E-state index in [-0.39, 0.29) is 0 Å². The monoisotopic (exact) mass is 476 g/mol. The van der Waals surface area contributed by atoms with E-state index in [4.69, 9.17) is 22.2 Å². The predicted octanol–water partition coefficient (Wildman–Crippen LogP) is 6.18. The van der Waals surface area contributed by atoms with Gasteiger partial charge in [0.2, 0.25) is 0 Å². The zero-order valence-corrected chi connectivity index (χ0v) is 14.5. The highest BCUT2D eigenvalue weighted by Gasteiger charge is 2.90. The second-order valence-electron chi connectivity index (χ2n) is 4.84. The van der Waals surface area contributed by atoms with Crippen LogP contribution in [-0.4, -0.2) is 49.8 Å². The van der Waals surface area contributed by atoms with Crippen molar-refractivity contribution in [3.63, 3.8) is 0 Å². The average Bonchev–Trinajstić information content (AvgIpc) is 2.43. The molecular formula is C9H7Cl2F13OSi. The van der Waals surface area contributed by atoms with Gasteiger partial charge >= 0.3 is 42.7 Å². The molecule has 0 saturated heterocycles. The summed E-state index contributed by atoms with van der Waals surface area (Å²) in [5.74, 6) is -37.0. The van der Waals surface area contributed by atoms with Crippen molar-refractivity contribution in [2.75, 3.05) is 7.11 Å². The van der Waals surface area contributed by atoms with E-state index >= 15 is 0 Å². The van der Waals surface area contributed by atoms with Crippen LogP contribution in [0.5, 0.6) is 0 Å². The molecule has 0 amide bonds. The Morgan fingerprint density at radius 2 is 1.00 bits per heavy atom. The predicted molar refractivity (Wildman–Crippen MR) is 64.7 cm³/mol. The molecule has 0 aliphatic carbocycles. The molecule has 0 bridgehead atoms. The van der Waals surface area contributed by atoms with E-state index in [1.165, 1.54) is 0 Å². The maximum Gasteiger partial charge on any atom is 0.460 e. The van der Waals surface area contributed by atoms with Crippen LogP contribution >= 0.6 is 22.2 Å². The van der Waals surface area contributed by atoms with E-state index in [1.54, 1.807) is 0 Å². The zero-order valence-electron chi connectivity index (χ0n) is 12.0. The van der Waals surface area contributed by atoms with Crippen LogP contribution in [0.2, 0.25) is 6.04 Å². The van der Waals surface area contributed by atoms with Gasteiger partial charge in [-0.1, -0.05) is 0 Å². The van der Waals surface area contributed by atoms with E-state index in [1.807, 2.05) is 0 Å². The van der Waals surface area contributed by atoms with Gasteiger partial charge in [0.1, 0.15) is 0 Å². The van der Waals surface area contributed by atoms with Crippen molar-refractivity contribution in [3.05, 3.63) is 0 Å². The SMILES string of the molecule is CO[Si](Cl)(Cl)CCC(F)(F)C(F)(F)C(F)(F)C(F)(F)C(F)(F)C(F)(F)F. The van der Waals surface area contributed by atoms with Crippen LogP contribution in [0.15, 0.2) is 0 Å². The molecule has 158 valence electrons. The van der Waals surface area contributed by atoms with Gasteiger partial charge in [0, 0.05) is 13.5 Å². The van der Waals surface area contributed by atoms with Gasteiger partial charge in [0.05, 0.1) is 0 Å². The highest BCUT2D eigenvalue weighted by molar-refractivity contribution is 7.42. The molecule has 0 heterocycles. The van der Waals surface area contributed by atoms with Crippen molar-refractivity contribution in [2.24, 2.45) is 0 Å². The summed E-state index contributed by atoms with van der Waals surface area (Å²) in [6.07, 6.45) is -9.90. The van der Waals surface area contributed by atoms with Gasteiger partial charge in [-0.05, 0) is 6.04 Å². The van der Waals surface area contributed by atoms with Crippen LogP contribution in [-0.2, 0) is 4.43 Å². The summed E-state index contributed by atoms with van der Waals surface area (Å²) in [4.78, 5) is 0. The first-order valence-corrected chi connectivity index (χ1v) is 10.0. The van der Waals surface area contributed by atoms with Crippen LogP contribution in [0.1, 0.15) is 6.42 Å². The first kappa shape index (κ1) is 25.8.